The monoisotopic (exact) mass is 674 g/mol. The lowest BCUT2D eigenvalue weighted by Gasteiger charge is -2.22. The lowest BCUT2D eigenvalue weighted by Crippen LogP contribution is -2.15. The Kier molecular flexibility index (Phi) is 6.85. The lowest BCUT2D eigenvalue weighted by molar-refractivity contribution is 0.660. The van der Waals surface area contributed by atoms with E-state index in [4.69, 9.17) is 4.99 Å². The van der Waals surface area contributed by atoms with Crippen LogP contribution in [0.4, 0.5) is 0 Å². The van der Waals surface area contributed by atoms with Gasteiger partial charge in [0.1, 0.15) is 6.67 Å². The molecule has 8 aromatic rings. The fraction of sp³-hybridized carbons (Fsp3) is 0.146. The van der Waals surface area contributed by atoms with Crippen LogP contribution in [-0.4, -0.2) is 10.8 Å². The summed E-state index contributed by atoms with van der Waals surface area (Å²) in [4.78, 5) is 5.08. The Morgan fingerprint density at radius 3 is 2.33 bits per heavy atom. The van der Waals surface area contributed by atoms with Crippen molar-refractivity contribution in [3.8, 4) is 22.3 Å². The number of aromatic nitrogens is 1. The number of fused-ring (bicyclic) bond motifs is 9. The Balaban J connectivity index is 1.05. The van der Waals surface area contributed by atoms with Crippen molar-refractivity contribution < 1.29 is 0 Å². The van der Waals surface area contributed by atoms with Crippen LogP contribution in [0.1, 0.15) is 43.9 Å². The fourth-order valence-corrected chi connectivity index (χ4v) is 10.0. The van der Waals surface area contributed by atoms with Crippen molar-refractivity contribution in [1.82, 2.24) is 4.57 Å². The summed E-state index contributed by atoms with van der Waals surface area (Å²) < 4.78 is 5.11. The van der Waals surface area contributed by atoms with Crippen LogP contribution in [0.3, 0.4) is 0 Å². The maximum Gasteiger partial charge on any atom is 0.114 e. The molecule has 0 bridgehead atoms. The van der Waals surface area contributed by atoms with Crippen molar-refractivity contribution in [3.63, 3.8) is 0 Å². The first-order valence-electron chi connectivity index (χ1n) is 18.0. The van der Waals surface area contributed by atoms with E-state index in [1.807, 2.05) is 11.3 Å². The molecule has 246 valence electrons. The molecular weight excluding hydrogens is 637 g/mol. The van der Waals surface area contributed by atoms with Gasteiger partial charge in [-0.05, 0) is 98.8 Å². The molecule has 0 saturated carbocycles. The number of aliphatic imine (C=N–C) groups is 1. The maximum absolute atomic E-state index is 5.08. The molecule has 0 aliphatic heterocycles. The lowest BCUT2D eigenvalue weighted by atomic mass is 9.81. The van der Waals surface area contributed by atoms with E-state index in [0.717, 1.165) is 6.42 Å². The van der Waals surface area contributed by atoms with Crippen molar-refractivity contribution in [2.24, 2.45) is 10.9 Å². The van der Waals surface area contributed by atoms with Crippen LogP contribution in [0.25, 0.3) is 69.8 Å². The van der Waals surface area contributed by atoms with Crippen molar-refractivity contribution in [2.45, 2.75) is 39.3 Å². The Labute approximate surface area is 302 Å². The van der Waals surface area contributed by atoms with Crippen LogP contribution in [0.2, 0.25) is 0 Å². The highest BCUT2D eigenvalue weighted by Crippen LogP contribution is 2.52. The molecule has 6 aromatic carbocycles. The Bertz CT molecular complexity index is 2790. The molecule has 0 saturated heterocycles. The number of benzene rings is 6. The van der Waals surface area contributed by atoms with Crippen LogP contribution in [0, 0.1) is 5.92 Å². The molecular formula is C48H38N2S. The Hall–Kier alpha value is -5.51. The van der Waals surface area contributed by atoms with E-state index >= 15 is 0 Å². The molecule has 3 heteroatoms. The first-order valence-corrected chi connectivity index (χ1v) is 18.8. The first kappa shape index (κ1) is 30.3. The summed E-state index contributed by atoms with van der Waals surface area (Å²) in [5.41, 5.74) is 14.3. The zero-order valence-electron chi connectivity index (χ0n) is 29.2. The Morgan fingerprint density at radius 1 is 0.686 bits per heavy atom. The van der Waals surface area contributed by atoms with Crippen LogP contribution in [0.15, 0.2) is 150 Å². The molecule has 0 spiro atoms. The van der Waals surface area contributed by atoms with E-state index in [0.29, 0.717) is 12.6 Å². The molecule has 2 heterocycles. The number of para-hydroxylation sites is 1. The van der Waals surface area contributed by atoms with Gasteiger partial charge in [0.05, 0.1) is 11.0 Å². The number of rotatable bonds is 5. The second-order valence-corrected chi connectivity index (χ2v) is 15.9. The van der Waals surface area contributed by atoms with Crippen LogP contribution in [-0.2, 0) is 12.1 Å². The van der Waals surface area contributed by atoms with E-state index in [9.17, 15) is 0 Å². The van der Waals surface area contributed by atoms with Gasteiger partial charge in [-0.3, -0.25) is 4.99 Å². The summed E-state index contributed by atoms with van der Waals surface area (Å²) in [6.07, 6.45) is 7.79. The largest absolute Gasteiger partial charge is 0.320 e. The zero-order chi connectivity index (χ0) is 34.3. The molecule has 51 heavy (non-hydrogen) atoms. The third kappa shape index (κ3) is 4.79. The average Bonchev–Trinajstić information content (AvgIpc) is 3.76. The van der Waals surface area contributed by atoms with Gasteiger partial charge in [-0.1, -0.05) is 124 Å². The minimum atomic E-state index is -0.144. The van der Waals surface area contributed by atoms with Gasteiger partial charge < -0.3 is 4.57 Å². The number of thiophene rings is 1. The van der Waals surface area contributed by atoms with Gasteiger partial charge in [0.15, 0.2) is 0 Å². The average molecular weight is 675 g/mol. The maximum atomic E-state index is 5.08. The van der Waals surface area contributed by atoms with Gasteiger partial charge in [-0.25, -0.2) is 0 Å². The van der Waals surface area contributed by atoms with Gasteiger partial charge in [0, 0.05) is 42.6 Å². The second kappa shape index (κ2) is 11.5. The van der Waals surface area contributed by atoms with Crippen molar-refractivity contribution in [3.05, 3.63) is 162 Å². The molecule has 2 aromatic heterocycles. The molecule has 0 N–H and O–H groups in total. The predicted molar refractivity (Wildman–Crippen MR) is 220 cm³/mol. The van der Waals surface area contributed by atoms with Crippen LogP contribution in [0.5, 0.6) is 0 Å². The molecule has 0 fully saturated rings. The third-order valence-electron chi connectivity index (χ3n) is 11.3. The van der Waals surface area contributed by atoms with E-state index in [-0.39, 0.29) is 5.41 Å². The van der Waals surface area contributed by atoms with E-state index < -0.39 is 0 Å². The summed E-state index contributed by atoms with van der Waals surface area (Å²) in [6.45, 7) is 7.65. The third-order valence-corrected chi connectivity index (χ3v) is 12.5. The Morgan fingerprint density at radius 2 is 1.45 bits per heavy atom. The normalized spacial score (nSPS) is 16.6. The first-order chi connectivity index (χ1) is 24.9. The SMILES string of the molecule is CC1C=C(/C=N/Cn2c3ccccc3c3cc4c(cc32)C(C)(C)c2cc(-c3cccc5c3sc3ccccc35)ccc2-4)C=C(c2ccccc2)C1. The smallest absolute Gasteiger partial charge is 0.114 e. The van der Waals surface area contributed by atoms with Gasteiger partial charge in [0.2, 0.25) is 0 Å². The molecule has 2 aliphatic carbocycles. The van der Waals surface area contributed by atoms with Crippen molar-refractivity contribution >= 4 is 65.1 Å². The minimum absolute atomic E-state index is 0.144. The minimum Gasteiger partial charge on any atom is -0.320 e. The molecule has 2 aliphatic rings. The van der Waals surface area contributed by atoms with Crippen LogP contribution < -0.4 is 0 Å². The summed E-state index contributed by atoms with van der Waals surface area (Å²) in [7, 11) is 0. The standard InChI is InChI=1S/C48H38N2S/c1-30-22-31(24-34(23-30)32-12-5-4-6-13-32)28-49-29-50-44-18-9-7-14-37(44)41-26-40-36-21-20-33(25-42(36)48(2,3)43(40)27-45(41)50)35-16-11-17-39-38-15-8-10-19-46(38)51-47(35)39/h4-22,24-28,30H,23,29H2,1-3H3/b49-28+. The van der Waals surface area contributed by atoms with Crippen molar-refractivity contribution in [1.29, 1.82) is 0 Å². The van der Waals surface area contributed by atoms with Gasteiger partial charge in [-0.2, -0.15) is 0 Å². The van der Waals surface area contributed by atoms with Gasteiger partial charge >= 0.3 is 0 Å². The molecule has 1 atom stereocenters. The summed E-state index contributed by atoms with van der Waals surface area (Å²) in [5.74, 6) is 0.477. The molecule has 0 radical (unpaired) electrons. The number of allylic oxidation sites excluding steroid dienone is 4. The van der Waals surface area contributed by atoms with Gasteiger partial charge in [-0.15, -0.1) is 11.3 Å². The van der Waals surface area contributed by atoms with E-state index in [1.165, 1.54) is 92.1 Å². The number of hydrogen-bond acceptors (Lipinski definition) is 2. The van der Waals surface area contributed by atoms with E-state index in [2.05, 4.69) is 171 Å². The summed E-state index contributed by atoms with van der Waals surface area (Å²) in [6, 6.07) is 47.2. The van der Waals surface area contributed by atoms with Crippen LogP contribution >= 0.6 is 11.3 Å². The highest BCUT2D eigenvalue weighted by atomic mass is 32.1. The highest BCUT2D eigenvalue weighted by Gasteiger charge is 2.36. The van der Waals surface area contributed by atoms with E-state index in [1.54, 1.807) is 0 Å². The topological polar surface area (TPSA) is 17.3 Å². The van der Waals surface area contributed by atoms with Gasteiger partial charge in [0.25, 0.3) is 0 Å². The molecule has 2 nitrogen and oxygen atoms in total. The number of nitrogens with zero attached hydrogens (tertiary/aromatic N) is 2. The quantitative estimate of drug-likeness (QED) is 0.162. The summed E-state index contributed by atoms with van der Waals surface area (Å²) >= 11 is 1.90. The molecule has 10 rings (SSSR count). The fourth-order valence-electron chi connectivity index (χ4n) is 8.77. The molecule has 1 unspecified atom stereocenters. The zero-order valence-corrected chi connectivity index (χ0v) is 30.0. The molecule has 0 amide bonds. The van der Waals surface area contributed by atoms with Crippen molar-refractivity contribution in [2.75, 3.05) is 0 Å². The number of hydrogen-bond donors (Lipinski definition) is 0. The summed E-state index contributed by atoms with van der Waals surface area (Å²) in [5, 5.41) is 5.26. The second-order valence-electron chi connectivity index (χ2n) is 14.9. The predicted octanol–water partition coefficient (Wildman–Crippen LogP) is 13.2. The highest BCUT2D eigenvalue weighted by molar-refractivity contribution is 7.26.